The summed E-state index contributed by atoms with van der Waals surface area (Å²) in [4.78, 5) is 4.31. The lowest BCUT2D eigenvalue weighted by Crippen LogP contribution is -2.04. The summed E-state index contributed by atoms with van der Waals surface area (Å²) >= 11 is 0. The van der Waals surface area contributed by atoms with Crippen LogP contribution in [0.1, 0.15) is 18.2 Å². The van der Waals surface area contributed by atoms with Crippen LogP contribution >= 0.6 is 0 Å². The molecule has 0 atom stereocenters. The van der Waals surface area contributed by atoms with Crippen molar-refractivity contribution in [1.29, 1.82) is 0 Å². The number of benzene rings is 1. The van der Waals surface area contributed by atoms with Crippen LogP contribution in [0.25, 0.3) is 11.1 Å². The molecule has 0 unspecified atom stereocenters. The molecule has 27 heavy (non-hydrogen) atoms. The Labute approximate surface area is 153 Å². The predicted octanol–water partition coefficient (Wildman–Crippen LogP) is 3.86. The summed E-state index contributed by atoms with van der Waals surface area (Å²) in [6.07, 6.45) is 3.12. The van der Waals surface area contributed by atoms with Crippen LogP contribution < -0.4 is 9.47 Å². The van der Waals surface area contributed by atoms with Gasteiger partial charge in [-0.3, -0.25) is 0 Å². The van der Waals surface area contributed by atoms with Crippen LogP contribution in [0.2, 0.25) is 0 Å². The van der Waals surface area contributed by atoms with E-state index in [0.29, 0.717) is 30.2 Å². The van der Waals surface area contributed by atoms with E-state index < -0.39 is 13.3 Å². The number of alkyl halides is 3. The third kappa shape index (κ3) is 4.75. The predicted molar refractivity (Wildman–Crippen MR) is 91.4 cm³/mol. The van der Waals surface area contributed by atoms with Gasteiger partial charge in [0.15, 0.2) is 0 Å². The number of rotatable bonds is 8. The summed E-state index contributed by atoms with van der Waals surface area (Å²) < 4.78 is 49.1. The van der Waals surface area contributed by atoms with E-state index in [1.54, 1.807) is 18.3 Å². The fourth-order valence-electron chi connectivity index (χ4n) is 2.54. The Kier molecular flexibility index (Phi) is 5.90. The molecule has 142 valence electrons. The minimum Gasteiger partial charge on any atom is -0.478 e. The number of halogens is 3. The van der Waals surface area contributed by atoms with Crippen molar-refractivity contribution in [3.63, 3.8) is 0 Å². The molecule has 0 aliphatic carbocycles. The third-order valence-corrected chi connectivity index (χ3v) is 3.63. The molecule has 2 heterocycles. The molecule has 9 heteroatoms. The van der Waals surface area contributed by atoms with Crippen molar-refractivity contribution < 1.29 is 22.6 Å². The Morgan fingerprint density at radius 2 is 2.07 bits per heavy atom. The summed E-state index contributed by atoms with van der Waals surface area (Å²) in [6, 6.07) is 8.11. The molecule has 0 saturated heterocycles. The molecule has 0 fully saturated rings. The maximum Gasteiger partial charge on any atom is 0.387 e. The SMILES string of the molecule is CCOc1ncc(Cn2cc(CF)nn2)cc1-c1cccc(OC(F)F)c1. The van der Waals surface area contributed by atoms with Gasteiger partial charge in [-0.15, -0.1) is 5.10 Å². The van der Waals surface area contributed by atoms with Gasteiger partial charge in [0, 0.05) is 11.8 Å². The maximum atomic E-state index is 12.6. The van der Waals surface area contributed by atoms with Gasteiger partial charge in [0.2, 0.25) is 5.88 Å². The van der Waals surface area contributed by atoms with E-state index in [4.69, 9.17) is 4.74 Å². The molecule has 0 radical (unpaired) electrons. The lowest BCUT2D eigenvalue weighted by molar-refractivity contribution is -0.0498. The molecule has 0 aliphatic rings. The van der Waals surface area contributed by atoms with Crippen molar-refractivity contribution in [2.24, 2.45) is 0 Å². The number of pyridine rings is 1. The van der Waals surface area contributed by atoms with Gasteiger partial charge in [-0.1, -0.05) is 17.3 Å². The number of ether oxygens (including phenoxy) is 2. The molecule has 3 aromatic rings. The summed E-state index contributed by atoms with van der Waals surface area (Å²) in [6.45, 7) is -1.05. The Morgan fingerprint density at radius 1 is 1.22 bits per heavy atom. The fourth-order valence-corrected chi connectivity index (χ4v) is 2.54. The van der Waals surface area contributed by atoms with Crippen molar-refractivity contribution in [1.82, 2.24) is 20.0 Å². The van der Waals surface area contributed by atoms with Gasteiger partial charge in [-0.05, 0) is 36.2 Å². The molecular formula is C18H17F3N4O2. The first-order chi connectivity index (χ1) is 13.1. The zero-order valence-electron chi connectivity index (χ0n) is 14.5. The highest BCUT2D eigenvalue weighted by Gasteiger charge is 2.13. The molecule has 3 rings (SSSR count). The molecule has 6 nitrogen and oxygen atoms in total. The van der Waals surface area contributed by atoms with Crippen LogP contribution in [0.5, 0.6) is 11.6 Å². The average molecular weight is 378 g/mol. The molecule has 0 bridgehead atoms. The Morgan fingerprint density at radius 3 is 2.78 bits per heavy atom. The molecule has 0 N–H and O–H groups in total. The fraction of sp³-hybridized carbons (Fsp3) is 0.278. The first kappa shape index (κ1) is 18.7. The van der Waals surface area contributed by atoms with Gasteiger partial charge in [0.25, 0.3) is 0 Å². The first-order valence-corrected chi connectivity index (χ1v) is 8.21. The summed E-state index contributed by atoms with van der Waals surface area (Å²) in [7, 11) is 0. The quantitative estimate of drug-likeness (QED) is 0.596. The second-order valence-corrected chi connectivity index (χ2v) is 5.58. The third-order valence-electron chi connectivity index (χ3n) is 3.63. The van der Waals surface area contributed by atoms with Crippen molar-refractivity contribution in [3.05, 3.63) is 54.0 Å². The van der Waals surface area contributed by atoms with Crippen LogP contribution in [0, 0.1) is 0 Å². The minimum absolute atomic E-state index is 0.0409. The van der Waals surface area contributed by atoms with Crippen LogP contribution in [-0.4, -0.2) is 33.2 Å². The molecule has 0 amide bonds. The van der Waals surface area contributed by atoms with Crippen LogP contribution in [0.4, 0.5) is 13.2 Å². The molecule has 2 aromatic heterocycles. The van der Waals surface area contributed by atoms with Crippen LogP contribution in [0.15, 0.2) is 42.7 Å². The van der Waals surface area contributed by atoms with E-state index in [1.807, 2.05) is 13.0 Å². The van der Waals surface area contributed by atoms with E-state index >= 15 is 0 Å². The Hall–Kier alpha value is -3.10. The molecule has 1 aromatic carbocycles. The monoisotopic (exact) mass is 378 g/mol. The number of hydrogen-bond donors (Lipinski definition) is 0. The van der Waals surface area contributed by atoms with Crippen LogP contribution in [0.3, 0.4) is 0 Å². The van der Waals surface area contributed by atoms with Gasteiger partial charge in [0.1, 0.15) is 18.1 Å². The molecule has 0 spiro atoms. The highest BCUT2D eigenvalue weighted by Crippen LogP contribution is 2.32. The summed E-state index contributed by atoms with van der Waals surface area (Å²) in [5.41, 5.74) is 2.25. The topological polar surface area (TPSA) is 62.1 Å². The van der Waals surface area contributed by atoms with E-state index in [-0.39, 0.29) is 11.4 Å². The lowest BCUT2D eigenvalue weighted by atomic mass is 10.0. The normalized spacial score (nSPS) is 11.0. The van der Waals surface area contributed by atoms with Crippen molar-refractivity contribution in [3.8, 4) is 22.8 Å². The van der Waals surface area contributed by atoms with E-state index in [2.05, 4.69) is 20.0 Å². The smallest absolute Gasteiger partial charge is 0.387 e. The molecule has 0 aliphatic heterocycles. The number of nitrogens with zero attached hydrogens (tertiary/aromatic N) is 4. The number of aromatic nitrogens is 4. The maximum absolute atomic E-state index is 12.6. The van der Waals surface area contributed by atoms with Gasteiger partial charge < -0.3 is 9.47 Å². The highest BCUT2D eigenvalue weighted by atomic mass is 19.3. The van der Waals surface area contributed by atoms with E-state index in [0.717, 1.165) is 5.56 Å². The van der Waals surface area contributed by atoms with E-state index in [1.165, 1.54) is 23.0 Å². The Balaban J connectivity index is 1.94. The zero-order valence-corrected chi connectivity index (χ0v) is 14.5. The zero-order chi connectivity index (χ0) is 19.2. The van der Waals surface area contributed by atoms with Crippen molar-refractivity contribution >= 4 is 0 Å². The second kappa shape index (κ2) is 8.52. The highest BCUT2D eigenvalue weighted by molar-refractivity contribution is 5.70. The second-order valence-electron chi connectivity index (χ2n) is 5.58. The largest absolute Gasteiger partial charge is 0.478 e. The van der Waals surface area contributed by atoms with Crippen molar-refractivity contribution in [2.75, 3.05) is 6.61 Å². The van der Waals surface area contributed by atoms with Gasteiger partial charge in [-0.2, -0.15) is 8.78 Å². The van der Waals surface area contributed by atoms with Crippen molar-refractivity contribution in [2.45, 2.75) is 26.8 Å². The molecule has 0 saturated carbocycles. The summed E-state index contributed by atoms with van der Waals surface area (Å²) in [5.74, 6) is 0.415. The van der Waals surface area contributed by atoms with Crippen LogP contribution in [-0.2, 0) is 13.2 Å². The van der Waals surface area contributed by atoms with E-state index in [9.17, 15) is 13.2 Å². The van der Waals surface area contributed by atoms with Gasteiger partial charge in [-0.25, -0.2) is 14.1 Å². The summed E-state index contributed by atoms with van der Waals surface area (Å²) in [5, 5.41) is 7.56. The minimum atomic E-state index is -2.91. The first-order valence-electron chi connectivity index (χ1n) is 8.21. The van der Waals surface area contributed by atoms with Gasteiger partial charge in [0.05, 0.1) is 19.3 Å². The Bertz CT molecular complexity index is 902. The standard InChI is InChI=1S/C18H17F3N4O2/c1-2-26-17-16(13-4-3-5-15(7-13)27-18(20)21)6-12(9-22-17)10-25-11-14(8-19)23-24-25/h3-7,9,11,18H,2,8,10H2,1H3. The number of hydrogen-bond acceptors (Lipinski definition) is 5. The molecular weight excluding hydrogens is 361 g/mol. The average Bonchev–Trinajstić information content (AvgIpc) is 3.10. The van der Waals surface area contributed by atoms with Gasteiger partial charge >= 0.3 is 6.61 Å². The lowest BCUT2D eigenvalue weighted by Gasteiger charge is -2.12.